The lowest BCUT2D eigenvalue weighted by atomic mass is 9.83. The van der Waals surface area contributed by atoms with E-state index >= 15 is 0 Å². The van der Waals surface area contributed by atoms with Gasteiger partial charge in [-0.15, -0.1) is 0 Å². The number of ketones is 1. The maximum atomic E-state index is 11.8. The van der Waals surface area contributed by atoms with Crippen molar-refractivity contribution in [3.63, 3.8) is 0 Å². The van der Waals surface area contributed by atoms with Gasteiger partial charge in [-0.3, -0.25) is 4.79 Å². The van der Waals surface area contributed by atoms with E-state index in [1.54, 1.807) is 7.11 Å². The van der Waals surface area contributed by atoms with Gasteiger partial charge in [-0.2, -0.15) is 0 Å². The summed E-state index contributed by atoms with van der Waals surface area (Å²) in [5, 5.41) is 0. The quantitative estimate of drug-likeness (QED) is 0.799. The molecule has 1 aliphatic rings. The molecule has 0 saturated heterocycles. The summed E-state index contributed by atoms with van der Waals surface area (Å²) in [5.41, 5.74) is 2.51. The van der Waals surface area contributed by atoms with E-state index in [1.807, 2.05) is 6.07 Å². The van der Waals surface area contributed by atoms with E-state index < -0.39 is 0 Å². The van der Waals surface area contributed by atoms with E-state index in [4.69, 9.17) is 4.74 Å². The first-order chi connectivity index (χ1) is 8.20. The molecule has 1 aromatic rings. The maximum absolute atomic E-state index is 11.8. The predicted octanol–water partition coefficient (Wildman–Crippen LogP) is 3.31. The molecular formula is C15H20O2. The first-order valence-corrected chi connectivity index (χ1v) is 6.37. The van der Waals surface area contributed by atoms with Crippen molar-refractivity contribution >= 4 is 5.78 Å². The van der Waals surface area contributed by atoms with Gasteiger partial charge in [0.2, 0.25) is 0 Å². The van der Waals surface area contributed by atoms with Gasteiger partial charge in [-0.25, -0.2) is 0 Å². The largest absolute Gasteiger partial charge is 0.497 e. The first-order valence-electron chi connectivity index (χ1n) is 6.37. The third kappa shape index (κ3) is 2.87. The molecule has 0 N–H and O–H groups in total. The highest BCUT2D eigenvalue weighted by molar-refractivity contribution is 5.81. The molecule has 92 valence electrons. The minimum atomic E-state index is 0.231. The third-order valence-corrected chi connectivity index (χ3v) is 3.70. The number of Topliss-reactive ketones (excluding diaryl/α,β-unsaturated/α-hetero) is 1. The van der Waals surface area contributed by atoms with Crippen LogP contribution in [0.5, 0.6) is 5.75 Å². The molecule has 1 aromatic carbocycles. The summed E-state index contributed by atoms with van der Waals surface area (Å²) in [7, 11) is 1.68. The Morgan fingerprint density at radius 3 is 2.88 bits per heavy atom. The Labute approximate surface area is 103 Å². The summed E-state index contributed by atoms with van der Waals surface area (Å²) < 4.78 is 5.24. The fourth-order valence-corrected chi connectivity index (χ4v) is 2.53. The minimum absolute atomic E-state index is 0.231. The second-order valence-electron chi connectivity index (χ2n) is 4.91. The Balaban J connectivity index is 2.14. The Morgan fingerprint density at radius 2 is 2.18 bits per heavy atom. The fourth-order valence-electron chi connectivity index (χ4n) is 2.53. The molecule has 0 spiro atoms. The van der Waals surface area contributed by atoms with Gasteiger partial charge in [0.25, 0.3) is 0 Å². The predicted molar refractivity (Wildman–Crippen MR) is 68.4 cm³/mol. The summed E-state index contributed by atoms with van der Waals surface area (Å²) in [5.74, 6) is 1.56. The van der Waals surface area contributed by atoms with Crippen LogP contribution in [0.1, 0.15) is 36.8 Å². The third-order valence-electron chi connectivity index (χ3n) is 3.70. The average Bonchev–Trinajstić information content (AvgIpc) is 2.35. The van der Waals surface area contributed by atoms with Crippen LogP contribution in [0.25, 0.3) is 0 Å². The van der Waals surface area contributed by atoms with Crippen molar-refractivity contribution in [2.75, 3.05) is 7.11 Å². The molecule has 0 heterocycles. The number of carbonyl (C=O) groups excluding carboxylic acids is 1. The van der Waals surface area contributed by atoms with Crippen LogP contribution in [-0.2, 0) is 11.2 Å². The number of aryl methyl sites for hydroxylation is 1. The fraction of sp³-hybridized carbons (Fsp3) is 0.533. The Kier molecular flexibility index (Phi) is 3.82. The van der Waals surface area contributed by atoms with Crippen LogP contribution in [-0.4, -0.2) is 12.9 Å². The lowest BCUT2D eigenvalue weighted by Gasteiger charge is -2.21. The van der Waals surface area contributed by atoms with Crippen LogP contribution in [0.15, 0.2) is 18.2 Å². The molecule has 1 fully saturated rings. The number of benzene rings is 1. The van der Waals surface area contributed by atoms with Crippen LogP contribution < -0.4 is 4.74 Å². The first kappa shape index (κ1) is 12.2. The SMILES string of the molecule is COc1ccc(C)c(CC2CCCCC2=O)c1. The van der Waals surface area contributed by atoms with Crippen LogP contribution >= 0.6 is 0 Å². The van der Waals surface area contributed by atoms with Crippen LogP contribution in [0.2, 0.25) is 0 Å². The lowest BCUT2D eigenvalue weighted by molar-refractivity contribution is -0.124. The zero-order valence-electron chi connectivity index (χ0n) is 10.7. The van der Waals surface area contributed by atoms with E-state index in [9.17, 15) is 4.79 Å². The molecule has 2 rings (SSSR count). The van der Waals surface area contributed by atoms with Gasteiger partial charge in [-0.05, 0) is 49.4 Å². The smallest absolute Gasteiger partial charge is 0.136 e. The van der Waals surface area contributed by atoms with Gasteiger partial charge >= 0.3 is 0 Å². The standard InChI is InChI=1S/C15H20O2/c1-11-7-8-14(17-2)10-13(11)9-12-5-3-4-6-15(12)16/h7-8,10,12H,3-6,9H2,1-2H3. The molecule has 1 saturated carbocycles. The molecule has 1 unspecified atom stereocenters. The maximum Gasteiger partial charge on any atom is 0.136 e. The van der Waals surface area contributed by atoms with Crippen molar-refractivity contribution in [3.8, 4) is 5.75 Å². The molecule has 0 bridgehead atoms. The monoisotopic (exact) mass is 232 g/mol. The zero-order valence-corrected chi connectivity index (χ0v) is 10.7. The van der Waals surface area contributed by atoms with Gasteiger partial charge in [0, 0.05) is 12.3 Å². The van der Waals surface area contributed by atoms with Crippen molar-refractivity contribution in [3.05, 3.63) is 29.3 Å². The van der Waals surface area contributed by atoms with Crippen molar-refractivity contribution in [1.29, 1.82) is 0 Å². The number of ether oxygens (including phenoxy) is 1. The molecule has 17 heavy (non-hydrogen) atoms. The topological polar surface area (TPSA) is 26.3 Å². The van der Waals surface area contributed by atoms with E-state index in [-0.39, 0.29) is 5.92 Å². The number of methoxy groups -OCH3 is 1. The molecule has 0 aliphatic heterocycles. The Hall–Kier alpha value is -1.31. The van der Waals surface area contributed by atoms with Crippen molar-refractivity contribution in [2.24, 2.45) is 5.92 Å². The highest BCUT2D eigenvalue weighted by Gasteiger charge is 2.22. The number of hydrogen-bond donors (Lipinski definition) is 0. The van der Waals surface area contributed by atoms with E-state index in [0.29, 0.717) is 5.78 Å². The average molecular weight is 232 g/mol. The second kappa shape index (κ2) is 5.35. The lowest BCUT2D eigenvalue weighted by Crippen LogP contribution is -2.21. The summed E-state index contributed by atoms with van der Waals surface area (Å²) >= 11 is 0. The van der Waals surface area contributed by atoms with E-state index in [1.165, 1.54) is 17.5 Å². The zero-order chi connectivity index (χ0) is 12.3. The summed E-state index contributed by atoms with van der Waals surface area (Å²) in [6, 6.07) is 6.11. The van der Waals surface area contributed by atoms with Crippen molar-refractivity contribution in [2.45, 2.75) is 39.0 Å². The van der Waals surface area contributed by atoms with Gasteiger partial charge in [0.05, 0.1) is 7.11 Å². The highest BCUT2D eigenvalue weighted by atomic mass is 16.5. The van der Waals surface area contributed by atoms with Crippen molar-refractivity contribution < 1.29 is 9.53 Å². The Morgan fingerprint density at radius 1 is 1.35 bits per heavy atom. The molecule has 0 radical (unpaired) electrons. The van der Waals surface area contributed by atoms with Gasteiger partial charge in [0.15, 0.2) is 0 Å². The number of rotatable bonds is 3. The Bertz CT molecular complexity index is 409. The highest BCUT2D eigenvalue weighted by Crippen LogP contribution is 2.27. The minimum Gasteiger partial charge on any atom is -0.497 e. The summed E-state index contributed by atoms with van der Waals surface area (Å²) in [4.78, 5) is 11.8. The normalized spacial score (nSPS) is 20.4. The second-order valence-corrected chi connectivity index (χ2v) is 4.91. The summed E-state index contributed by atoms with van der Waals surface area (Å²) in [6.45, 7) is 2.10. The number of carbonyl (C=O) groups is 1. The molecule has 2 nitrogen and oxygen atoms in total. The van der Waals surface area contributed by atoms with Gasteiger partial charge < -0.3 is 4.74 Å². The number of hydrogen-bond acceptors (Lipinski definition) is 2. The van der Waals surface area contributed by atoms with Crippen LogP contribution in [0, 0.1) is 12.8 Å². The molecule has 0 aromatic heterocycles. The molecule has 1 atom stereocenters. The van der Waals surface area contributed by atoms with Crippen molar-refractivity contribution in [1.82, 2.24) is 0 Å². The molecule has 1 aliphatic carbocycles. The van der Waals surface area contributed by atoms with E-state index in [0.717, 1.165) is 31.4 Å². The molecule has 2 heteroatoms. The van der Waals surface area contributed by atoms with E-state index in [2.05, 4.69) is 19.1 Å². The van der Waals surface area contributed by atoms with Crippen LogP contribution in [0.4, 0.5) is 0 Å². The van der Waals surface area contributed by atoms with Crippen LogP contribution in [0.3, 0.4) is 0 Å². The van der Waals surface area contributed by atoms with Gasteiger partial charge in [0.1, 0.15) is 11.5 Å². The molecule has 0 amide bonds. The summed E-state index contributed by atoms with van der Waals surface area (Å²) in [6.07, 6.45) is 4.97. The van der Waals surface area contributed by atoms with Gasteiger partial charge in [-0.1, -0.05) is 12.5 Å². The molecular weight excluding hydrogens is 212 g/mol.